The number of aryl methyl sites for hydroxylation is 2. The van der Waals surface area contributed by atoms with E-state index in [9.17, 15) is 9.90 Å². The highest BCUT2D eigenvalue weighted by atomic mass is 16.4. The average Bonchev–Trinajstić information content (AvgIpc) is 2.74. The van der Waals surface area contributed by atoms with Gasteiger partial charge in [-0.25, -0.2) is 0 Å². The van der Waals surface area contributed by atoms with Crippen LogP contribution in [0.1, 0.15) is 29.2 Å². The third-order valence-corrected chi connectivity index (χ3v) is 3.40. The highest BCUT2D eigenvalue weighted by Crippen LogP contribution is 2.25. The van der Waals surface area contributed by atoms with E-state index in [1.54, 1.807) is 11.9 Å². The Bertz CT molecular complexity index is 445. The van der Waals surface area contributed by atoms with Crippen LogP contribution in [0.3, 0.4) is 0 Å². The van der Waals surface area contributed by atoms with Gasteiger partial charge in [0.2, 0.25) is 0 Å². The first-order chi connectivity index (χ1) is 8.56. The van der Waals surface area contributed by atoms with E-state index in [4.69, 9.17) is 5.11 Å². The monoisotopic (exact) mass is 249 g/mol. The second kappa shape index (κ2) is 5.50. The molecule has 2 N–H and O–H groups in total. The van der Waals surface area contributed by atoms with Crippen LogP contribution in [-0.4, -0.2) is 41.2 Å². The number of nitrogens with zero attached hydrogens (tertiary/aromatic N) is 1. The summed E-state index contributed by atoms with van der Waals surface area (Å²) in [6.45, 7) is 0.285. The first kappa shape index (κ1) is 13.1. The Labute approximate surface area is 107 Å². The number of carbonyl (C=O) groups is 1. The van der Waals surface area contributed by atoms with E-state index < -0.39 is 12.1 Å². The Morgan fingerprint density at radius 3 is 2.83 bits per heavy atom. The van der Waals surface area contributed by atoms with Gasteiger partial charge in [-0.3, -0.25) is 9.69 Å². The van der Waals surface area contributed by atoms with E-state index in [2.05, 4.69) is 12.1 Å². The van der Waals surface area contributed by atoms with Gasteiger partial charge in [0.1, 0.15) is 0 Å². The van der Waals surface area contributed by atoms with Crippen molar-refractivity contribution >= 4 is 5.97 Å². The highest BCUT2D eigenvalue weighted by molar-refractivity contribution is 5.69. The van der Waals surface area contributed by atoms with Gasteiger partial charge in [0, 0.05) is 6.54 Å². The van der Waals surface area contributed by atoms with Gasteiger partial charge < -0.3 is 10.2 Å². The Morgan fingerprint density at radius 2 is 2.11 bits per heavy atom. The van der Waals surface area contributed by atoms with Crippen molar-refractivity contribution in [3.63, 3.8) is 0 Å². The van der Waals surface area contributed by atoms with Gasteiger partial charge in [-0.1, -0.05) is 18.2 Å². The summed E-state index contributed by atoms with van der Waals surface area (Å²) in [7, 11) is 1.70. The Kier molecular flexibility index (Phi) is 3.99. The zero-order chi connectivity index (χ0) is 13.1. The van der Waals surface area contributed by atoms with E-state index >= 15 is 0 Å². The molecule has 0 radical (unpaired) electrons. The second-order valence-electron chi connectivity index (χ2n) is 4.99. The molecule has 1 atom stereocenters. The van der Waals surface area contributed by atoms with Gasteiger partial charge in [0.15, 0.2) is 0 Å². The first-order valence-electron chi connectivity index (χ1n) is 6.26. The van der Waals surface area contributed by atoms with Crippen molar-refractivity contribution in [2.45, 2.75) is 25.4 Å². The number of carboxylic acids is 1. The van der Waals surface area contributed by atoms with Gasteiger partial charge in [-0.15, -0.1) is 0 Å². The van der Waals surface area contributed by atoms with Crippen LogP contribution in [-0.2, 0) is 17.6 Å². The minimum Gasteiger partial charge on any atom is -0.480 e. The summed E-state index contributed by atoms with van der Waals surface area (Å²) in [4.78, 5) is 12.2. The molecule has 4 heteroatoms. The Morgan fingerprint density at radius 1 is 1.39 bits per heavy atom. The maximum Gasteiger partial charge on any atom is 0.317 e. The van der Waals surface area contributed by atoms with Crippen LogP contribution in [0.2, 0.25) is 0 Å². The molecule has 0 saturated heterocycles. The number of aliphatic hydroxyl groups excluding tert-OH is 1. The second-order valence-corrected chi connectivity index (χ2v) is 4.99. The summed E-state index contributed by atoms with van der Waals surface area (Å²) in [5, 5.41) is 18.8. The number of rotatable bonds is 5. The molecule has 0 aromatic heterocycles. The molecule has 0 aliphatic heterocycles. The summed E-state index contributed by atoms with van der Waals surface area (Å²) in [6.07, 6.45) is 2.78. The summed E-state index contributed by atoms with van der Waals surface area (Å²) in [5.41, 5.74) is 3.59. The molecule has 0 heterocycles. The molecule has 0 bridgehead atoms. The molecule has 1 aromatic rings. The lowest BCUT2D eigenvalue weighted by molar-refractivity contribution is -0.138. The van der Waals surface area contributed by atoms with Crippen LogP contribution in [0.25, 0.3) is 0 Å². The summed E-state index contributed by atoms with van der Waals surface area (Å²) >= 11 is 0. The normalized spacial score (nSPS) is 15.7. The molecular formula is C14H19NO3. The van der Waals surface area contributed by atoms with Crippen molar-refractivity contribution in [2.24, 2.45) is 0 Å². The number of fused-ring (bicyclic) bond motifs is 1. The summed E-state index contributed by atoms with van der Waals surface area (Å²) in [5.74, 6) is -0.876. The molecule has 1 aromatic carbocycles. The SMILES string of the molecule is CN(CC(=O)O)CC(O)c1ccc2c(c1)CCC2. The van der Waals surface area contributed by atoms with Gasteiger partial charge in [0.05, 0.1) is 12.6 Å². The number of likely N-dealkylation sites (N-methyl/N-ethyl adjacent to an activating group) is 1. The largest absolute Gasteiger partial charge is 0.480 e. The van der Waals surface area contributed by atoms with Gasteiger partial charge in [-0.2, -0.15) is 0 Å². The van der Waals surface area contributed by atoms with E-state index in [0.29, 0.717) is 6.54 Å². The van der Waals surface area contributed by atoms with E-state index in [1.807, 2.05) is 6.07 Å². The van der Waals surface area contributed by atoms with Gasteiger partial charge in [0.25, 0.3) is 0 Å². The smallest absolute Gasteiger partial charge is 0.317 e. The number of aliphatic hydroxyl groups is 1. The third-order valence-electron chi connectivity index (χ3n) is 3.40. The van der Waals surface area contributed by atoms with Gasteiger partial charge >= 0.3 is 5.97 Å². The van der Waals surface area contributed by atoms with Crippen molar-refractivity contribution < 1.29 is 15.0 Å². The number of carboxylic acid groups (broad SMARTS) is 1. The van der Waals surface area contributed by atoms with Crippen LogP contribution in [0.4, 0.5) is 0 Å². The standard InChI is InChI=1S/C14H19NO3/c1-15(9-14(17)18)8-13(16)12-6-5-10-3-2-4-11(10)7-12/h5-7,13,16H,2-4,8-9H2,1H3,(H,17,18). The van der Waals surface area contributed by atoms with Crippen LogP contribution < -0.4 is 0 Å². The molecule has 4 nitrogen and oxygen atoms in total. The van der Waals surface area contributed by atoms with Crippen LogP contribution >= 0.6 is 0 Å². The zero-order valence-corrected chi connectivity index (χ0v) is 10.6. The molecular weight excluding hydrogens is 230 g/mol. The van der Waals surface area contributed by atoms with Crippen molar-refractivity contribution in [3.8, 4) is 0 Å². The molecule has 2 rings (SSSR count). The molecule has 1 aliphatic rings. The first-order valence-corrected chi connectivity index (χ1v) is 6.26. The Hall–Kier alpha value is -1.39. The third kappa shape index (κ3) is 3.09. The topological polar surface area (TPSA) is 60.8 Å². The van der Waals surface area contributed by atoms with Crippen molar-refractivity contribution in [1.29, 1.82) is 0 Å². The summed E-state index contributed by atoms with van der Waals surface area (Å²) < 4.78 is 0. The van der Waals surface area contributed by atoms with Crippen molar-refractivity contribution in [1.82, 2.24) is 4.90 Å². The van der Waals surface area contributed by atoms with Crippen LogP contribution in [0.15, 0.2) is 18.2 Å². The van der Waals surface area contributed by atoms with E-state index in [-0.39, 0.29) is 6.54 Å². The fourth-order valence-corrected chi connectivity index (χ4v) is 2.50. The molecule has 1 aliphatic carbocycles. The predicted octanol–water partition coefficient (Wildman–Crippen LogP) is 1.23. The van der Waals surface area contributed by atoms with Crippen LogP contribution in [0.5, 0.6) is 0 Å². The minimum absolute atomic E-state index is 0.0536. The maximum absolute atomic E-state index is 10.6. The molecule has 18 heavy (non-hydrogen) atoms. The minimum atomic E-state index is -0.876. The summed E-state index contributed by atoms with van der Waals surface area (Å²) in [6, 6.07) is 6.09. The van der Waals surface area contributed by atoms with Gasteiger partial charge in [-0.05, 0) is 43.0 Å². The average molecular weight is 249 g/mol. The quantitative estimate of drug-likeness (QED) is 0.824. The maximum atomic E-state index is 10.6. The zero-order valence-electron chi connectivity index (χ0n) is 10.6. The highest BCUT2D eigenvalue weighted by Gasteiger charge is 2.16. The number of hydrogen-bond acceptors (Lipinski definition) is 3. The lowest BCUT2D eigenvalue weighted by Gasteiger charge is -2.19. The van der Waals surface area contributed by atoms with E-state index in [1.165, 1.54) is 17.5 Å². The Balaban J connectivity index is 2.00. The molecule has 0 spiro atoms. The van der Waals surface area contributed by atoms with Crippen molar-refractivity contribution in [3.05, 3.63) is 34.9 Å². The number of hydrogen-bond donors (Lipinski definition) is 2. The van der Waals surface area contributed by atoms with Crippen molar-refractivity contribution in [2.75, 3.05) is 20.1 Å². The molecule has 0 amide bonds. The molecule has 0 saturated carbocycles. The lowest BCUT2D eigenvalue weighted by Crippen LogP contribution is -2.29. The number of benzene rings is 1. The lowest BCUT2D eigenvalue weighted by atomic mass is 10.0. The molecule has 98 valence electrons. The molecule has 0 fully saturated rings. The predicted molar refractivity (Wildman–Crippen MR) is 68.6 cm³/mol. The fourth-order valence-electron chi connectivity index (χ4n) is 2.50. The number of aliphatic carboxylic acids is 1. The molecule has 1 unspecified atom stereocenters. The van der Waals surface area contributed by atoms with Crippen LogP contribution in [0, 0.1) is 0 Å². The fraction of sp³-hybridized carbons (Fsp3) is 0.500. The van der Waals surface area contributed by atoms with E-state index in [0.717, 1.165) is 18.4 Å².